The Labute approximate surface area is 135 Å². The van der Waals surface area contributed by atoms with E-state index in [-0.39, 0.29) is 0 Å². The molecule has 0 fully saturated rings. The third-order valence-corrected chi connectivity index (χ3v) is 3.65. The first kappa shape index (κ1) is 15.9. The summed E-state index contributed by atoms with van der Waals surface area (Å²) in [5.74, 6) is 1.72. The van der Waals surface area contributed by atoms with Gasteiger partial charge in [-0.2, -0.15) is 0 Å². The second-order valence-electron chi connectivity index (χ2n) is 5.03. The van der Waals surface area contributed by atoms with E-state index in [0.29, 0.717) is 0 Å². The predicted molar refractivity (Wildman–Crippen MR) is 92.4 cm³/mol. The first-order chi connectivity index (χ1) is 10.1. The van der Waals surface area contributed by atoms with Crippen LogP contribution in [0.4, 0.5) is 5.69 Å². The zero-order valence-corrected chi connectivity index (χ0v) is 14.3. The van der Waals surface area contributed by atoms with Gasteiger partial charge in [-0.05, 0) is 30.8 Å². The predicted octanol–water partition coefficient (Wildman–Crippen LogP) is 4.42. The van der Waals surface area contributed by atoms with E-state index in [1.807, 2.05) is 44.4 Å². The first-order valence-corrected chi connectivity index (χ1v) is 7.84. The van der Waals surface area contributed by atoms with Gasteiger partial charge in [0.2, 0.25) is 0 Å². The van der Waals surface area contributed by atoms with Gasteiger partial charge in [-0.3, -0.25) is 0 Å². The molecule has 0 heterocycles. The Kier molecular flexibility index (Phi) is 5.65. The van der Waals surface area contributed by atoms with Gasteiger partial charge in [0.05, 0.1) is 0 Å². The van der Waals surface area contributed by atoms with Crippen LogP contribution in [0.2, 0.25) is 0 Å². The molecule has 2 aromatic rings. The summed E-state index contributed by atoms with van der Waals surface area (Å²) in [6.45, 7) is 3.83. The normalized spacial score (nSPS) is 10.5. The maximum absolute atomic E-state index is 6.08. The van der Waals surface area contributed by atoms with E-state index in [9.17, 15) is 0 Å². The number of rotatable bonds is 6. The molecule has 3 nitrogen and oxygen atoms in total. The summed E-state index contributed by atoms with van der Waals surface area (Å²) >= 11 is 3.51. The molecule has 0 aliphatic heterocycles. The number of ether oxygens (including phenoxy) is 1. The number of hydrogen-bond donors (Lipinski definition) is 1. The minimum absolute atomic E-state index is 0.798. The highest BCUT2D eigenvalue weighted by atomic mass is 79.9. The van der Waals surface area contributed by atoms with E-state index in [2.05, 4.69) is 45.2 Å². The molecule has 0 spiro atoms. The van der Waals surface area contributed by atoms with E-state index in [0.717, 1.165) is 40.3 Å². The fourth-order valence-electron chi connectivity index (χ4n) is 1.98. The second kappa shape index (κ2) is 7.48. The van der Waals surface area contributed by atoms with E-state index >= 15 is 0 Å². The lowest BCUT2D eigenvalue weighted by Gasteiger charge is -2.15. The summed E-state index contributed by atoms with van der Waals surface area (Å²) in [6.07, 6.45) is 0. The molecule has 0 saturated heterocycles. The Morgan fingerprint density at radius 1 is 1.14 bits per heavy atom. The third kappa shape index (κ3) is 4.48. The van der Waals surface area contributed by atoms with Crippen molar-refractivity contribution in [3.8, 4) is 11.5 Å². The van der Waals surface area contributed by atoms with Crippen molar-refractivity contribution < 1.29 is 4.74 Å². The van der Waals surface area contributed by atoms with Crippen LogP contribution in [0, 0.1) is 0 Å². The molecular weight excluding hydrogens is 328 g/mol. The van der Waals surface area contributed by atoms with Gasteiger partial charge in [0.15, 0.2) is 0 Å². The molecule has 1 N–H and O–H groups in total. The lowest BCUT2D eigenvalue weighted by atomic mass is 10.2. The van der Waals surface area contributed by atoms with Gasteiger partial charge in [-0.1, -0.05) is 35.0 Å². The van der Waals surface area contributed by atoms with E-state index < -0.39 is 0 Å². The summed E-state index contributed by atoms with van der Waals surface area (Å²) in [6, 6.07) is 14.2. The van der Waals surface area contributed by atoms with Gasteiger partial charge in [-0.25, -0.2) is 0 Å². The Hall–Kier alpha value is -1.52. The first-order valence-electron chi connectivity index (χ1n) is 7.04. The highest BCUT2D eigenvalue weighted by molar-refractivity contribution is 9.10. The Bertz CT molecular complexity index is 599. The van der Waals surface area contributed by atoms with Crippen molar-refractivity contribution in [2.24, 2.45) is 0 Å². The Morgan fingerprint density at radius 2 is 1.95 bits per heavy atom. The van der Waals surface area contributed by atoms with E-state index in [1.54, 1.807) is 0 Å². The number of anilines is 1. The molecular formula is C17H21BrN2O. The lowest BCUT2D eigenvalue weighted by Crippen LogP contribution is -2.12. The molecule has 0 radical (unpaired) electrons. The quantitative estimate of drug-likeness (QED) is 0.836. The van der Waals surface area contributed by atoms with Crippen molar-refractivity contribution in [1.29, 1.82) is 0 Å². The van der Waals surface area contributed by atoms with Crippen molar-refractivity contribution in [3.05, 3.63) is 52.5 Å². The summed E-state index contributed by atoms with van der Waals surface area (Å²) in [4.78, 5) is 2.06. The van der Waals surface area contributed by atoms with Crippen LogP contribution in [0.25, 0.3) is 0 Å². The van der Waals surface area contributed by atoms with Crippen molar-refractivity contribution >= 4 is 21.6 Å². The van der Waals surface area contributed by atoms with Crippen LogP contribution in [0.15, 0.2) is 46.9 Å². The Morgan fingerprint density at radius 3 is 2.67 bits per heavy atom. The van der Waals surface area contributed by atoms with E-state index in [1.165, 1.54) is 0 Å². The number of nitrogens with one attached hydrogen (secondary N) is 1. The average Bonchev–Trinajstić information content (AvgIpc) is 2.47. The standard InChI is InChI=1S/C17H21BrN2O/c1-4-19-12-13-8-9-14(18)10-17(13)21-16-7-5-6-15(11-16)20(2)3/h5-11,19H,4,12H2,1-3H3. The maximum atomic E-state index is 6.08. The van der Waals surface area contributed by atoms with Gasteiger partial charge in [-0.15, -0.1) is 0 Å². The molecule has 21 heavy (non-hydrogen) atoms. The lowest BCUT2D eigenvalue weighted by molar-refractivity contribution is 0.473. The molecule has 4 heteroatoms. The number of nitrogens with zero attached hydrogens (tertiary/aromatic N) is 1. The molecule has 0 bridgehead atoms. The van der Waals surface area contributed by atoms with Gasteiger partial charge >= 0.3 is 0 Å². The minimum Gasteiger partial charge on any atom is -0.457 e. The monoisotopic (exact) mass is 348 g/mol. The molecule has 0 unspecified atom stereocenters. The number of halogens is 1. The zero-order chi connectivity index (χ0) is 15.2. The second-order valence-corrected chi connectivity index (χ2v) is 5.94. The third-order valence-electron chi connectivity index (χ3n) is 3.16. The van der Waals surface area contributed by atoms with Crippen LogP contribution in [0.1, 0.15) is 12.5 Å². The SMILES string of the molecule is CCNCc1ccc(Br)cc1Oc1cccc(N(C)C)c1. The molecule has 2 aromatic carbocycles. The van der Waals surface area contributed by atoms with Crippen LogP contribution in [0.3, 0.4) is 0 Å². The van der Waals surface area contributed by atoms with Gasteiger partial charge in [0.1, 0.15) is 11.5 Å². The van der Waals surface area contributed by atoms with Gasteiger partial charge in [0.25, 0.3) is 0 Å². The van der Waals surface area contributed by atoms with Gasteiger partial charge in [0, 0.05) is 42.4 Å². The molecule has 112 valence electrons. The van der Waals surface area contributed by atoms with Crippen LogP contribution in [-0.2, 0) is 6.54 Å². The molecule has 0 aliphatic carbocycles. The fourth-order valence-corrected chi connectivity index (χ4v) is 2.32. The van der Waals surface area contributed by atoms with Crippen molar-refractivity contribution in [2.75, 3.05) is 25.5 Å². The minimum atomic E-state index is 0.798. The fraction of sp³-hybridized carbons (Fsp3) is 0.294. The Balaban J connectivity index is 2.25. The maximum Gasteiger partial charge on any atom is 0.133 e. The van der Waals surface area contributed by atoms with Gasteiger partial charge < -0.3 is 15.0 Å². The highest BCUT2D eigenvalue weighted by Crippen LogP contribution is 2.30. The molecule has 2 rings (SSSR count). The van der Waals surface area contributed by atoms with Crippen molar-refractivity contribution in [1.82, 2.24) is 5.32 Å². The number of hydrogen-bond acceptors (Lipinski definition) is 3. The van der Waals surface area contributed by atoms with Crippen LogP contribution in [-0.4, -0.2) is 20.6 Å². The summed E-state index contributed by atoms with van der Waals surface area (Å²) in [7, 11) is 4.05. The van der Waals surface area contributed by atoms with Crippen LogP contribution in [0.5, 0.6) is 11.5 Å². The van der Waals surface area contributed by atoms with Crippen LogP contribution >= 0.6 is 15.9 Å². The smallest absolute Gasteiger partial charge is 0.133 e. The molecule has 0 aromatic heterocycles. The summed E-state index contributed by atoms with van der Waals surface area (Å²) < 4.78 is 7.10. The summed E-state index contributed by atoms with van der Waals surface area (Å²) in [5.41, 5.74) is 2.27. The molecule has 0 aliphatic rings. The zero-order valence-electron chi connectivity index (χ0n) is 12.7. The van der Waals surface area contributed by atoms with E-state index in [4.69, 9.17) is 4.74 Å². The van der Waals surface area contributed by atoms with Crippen molar-refractivity contribution in [2.45, 2.75) is 13.5 Å². The van der Waals surface area contributed by atoms with Crippen molar-refractivity contribution in [3.63, 3.8) is 0 Å². The van der Waals surface area contributed by atoms with Crippen LogP contribution < -0.4 is 15.0 Å². The largest absolute Gasteiger partial charge is 0.457 e. The molecule has 0 amide bonds. The average molecular weight is 349 g/mol. The number of benzene rings is 2. The topological polar surface area (TPSA) is 24.5 Å². The highest BCUT2D eigenvalue weighted by Gasteiger charge is 2.07. The summed E-state index contributed by atoms with van der Waals surface area (Å²) in [5, 5.41) is 3.34. The molecule has 0 saturated carbocycles. The molecule has 0 atom stereocenters.